The Bertz CT molecular complexity index is 867. The number of hydrogen-bond donors (Lipinski definition) is 1. The Labute approximate surface area is 155 Å². The van der Waals surface area contributed by atoms with E-state index in [1.54, 1.807) is 0 Å². The Hall–Kier alpha value is -2.20. The lowest BCUT2D eigenvalue weighted by atomic mass is 9.77. The third kappa shape index (κ3) is 3.26. The van der Waals surface area contributed by atoms with Crippen molar-refractivity contribution in [2.75, 3.05) is 19.6 Å². The van der Waals surface area contributed by atoms with Crippen molar-refractivity contribution in [3.05, 3.63) is 48.3 Å². The molecule has 4 heteroatoms. The van der Waals surface area contributed by atoms with E-state index in [-0.39, 0.29) is 7.43 Å². The molecule has 2 bridgehead atoms. The van der Waals surface area contributed by atoms with Crippen molar-refractivity contribution in [1.29, 1.82) is 0 Å². The summed E-state index contributed by atoms with van der Waals surface area (Å²) in [6.45, 7) is 3.87. The highest BCUT2D eigenvalue weighted by Gasteiger charge is 2.32. The van der Waals surface area contributed by atoms with Crippen LogP contribution in [-0.4, -0.2) is 39.7 Å². The smallest absolute Gasteiger partial charge is 0.0930 e. The molecule has 0 aliphatic carbocycles. The minimum absolute atomic E-state index is 0. The molecule has 0 saturated carbocycles. The van der Waals surface area contributed by atoms with E-state index in [9.17, 15) is 0 Å². The minimum atomic E-state index is 0. The molecular weight excluding hydrogens is 320 g/mol. The number of fused-ring (bicyclic) bond motifs is 3. The van der Waals surface area contributed by atoms with E-state index in [0.29, 0.717) is 0 Å². The number of nitrogens with zero attached hydrogens (tertiary/aromatic N) is 3. The van der Waals surface area contributed by atoms with Gasteiger partial charge in [0.2, 0.25) is 0 Å². The molecule has 0 amide bonds. The van der Waals surface area contributed by atoms with Crippen LogP contribution in [0.5, 0.6) is 0 Å². The zero-order chi connectivity index (χ0) is 16.6. The molecule has 3 unspecified atom stereocenters. The molecule has 5 rings (SSSR count). The molecule has 3 atom stereocenters. The zero-order valence-corrected chi connectivity index (χ0v) is 14.5. The normalized spacial score (nSPS) is 25.0. The fourth-order valence-corrected chi connectivity index (χ4v) is 4.64. The molecule has 2 aromatic heterocycles. The fraction of sp³-hybridized carbons (Fsp3) is 0.455. The first-order valence-corrected chi connectivity index (χ1v) is 9.48. The predicted octanol–water partition coefficient (Wildman–Crippen LogP) is 4.54. The van der Waals surface area contributed by atoms with Gasteiger partial charge in [0.05, 0.1) is 11.4 Å². The summed E-state index contributed by atoms with van der Waals surface area (Å²) in [4.78, 5) is 5.87. The van der Waals surface area contributed by atoms with Crippen molar-refractivity contribution in [2.24, 2.45) is 11.8 Å². The quantitative estimate of drug-likeness (QED) is 0.756. The lowest BCUT2D eigenvalue weighted by Gasteiger charge is -2.42. The molecule has 1 N–H and O–H groups in total. The van der Waals surface area contributed by atoms with Gasteiger partial charge in [-0.2, -0.15) is 10.2 Å². The standard InChI is InChI=1S/C21H24N4.CH4/c1-2-18-14-25(10-1)11-8-15(18)13-19-4-6-21(24-23-19)16-3-5-20-17(12-16)7-9-22-20;/h3-7,9,12,15,18,22H,1-2,8,10-11,13-14H2;1H4. The van der Waals surface area contributed by atoms with E-state index in [1.807, 2.05) is 6.20 Å². The summed E-state index contributed by atoms with van der Waals surface area (Å²) >= 11 is 0. The molecule has 2 aliphatic rings. The Morgan fingerprint density at radius 2 is 2.00 bits per heavy atom. The van der Waals surface area contributed by atoms with Crippen LogP contribution in [0.15, 0.2) is 42.6 Å². The van der Waals surface area contributed by atoms with Crippen LogP contribution >= 0.6 is 0 Å². The van der Waals surface area contributed by atoms with Crippen LogP contribution < -0.4 is 0 Å². The topological polar surface area (TPSA) is 44.8 Å². The molecule has 136 valence electrons. The lowest BCUT2D eigenvalue weighted by Crippen LogP contribution is -2.45. The molecule has 0 radical (unpaired) electrons. The van der Waals surface area contributed by atoms with Crippen molar-refractivity contribution in [3.8, 4) is 11.3 Å². The van der Waals surface area contributed by atoms with Crippen LogP contribution in [0.2, 0.25) is 0 Å². The first-order valence-electron chi connectivity index (χ1n) is 9.48. The molecule has 2 fully saturated rings. The van der Waals surface area contributed by atoms with Gasteiger partial charge < -0.3 is 9.88 Å². The molecular formula is C22H28N4. The van der Waals surface area contributed by atoms with Crippen molar-refractivity contribution in [1.82, 2.24) is 20.1 Å². The third-order valence-electron chi connectivity index (χ3n) is 6.06. The zero-order valence-electron chi connectivity index (χ0n) is 14.5. The van der Waals surface area contributed by atoms with Crippen molar-refractivity contribution < 1.29 is 0 Å². The molecule has 2 saturated heterocycles. The SMILES string of the molecule is C.c1cc2cc(-c3ccc(CC4CCN5CCCC4C5)nn3)ccc2[nH]1. The van der Waals surface area contributed by atoms with Crippen LogP contribution in [0.3, 0.4) is 0 Å². The highest BCUT2D eigenvalue weighted by Crippen LogP contribution is 2.33. The van der Waals surface area contributed by atoms with Gasteiger partial charge in [-0.25, -0.2) is 0 Å². The van der Waals surface area contributed by atoms with Gasteiger partial charge in [0.15, 0.2) is 0 Å². The number of hydrogen-bond acceptors (Lipinski definition) is 3. The largest absolute Gasteiger partial charge is 0.361 e. The van der Waals surface area contributed by atoms with E-state index < -0.39 is 0 Å². The summed E-state index contributed by atoms with van der Waals surface area (Å²) in [5.41, 5.74) is 4.40. The molecule has 0 spiro atoms. The van der Waals surface area contributed by atoms with Crippen LogP contribution in [0.1, 0.15) is 32.4 Å². The molecule has 1 aromatic carbocycles. The summed E-state index contributed by atoms with van der Waals surface area (Å²) in [5, 5.41) is 10.3. The lowest BCUT2D eigenvalue weighted by molar-refractivity contribution is 0.0735. The third-order valence-corrected chi connectivity index (χ3v) is 6.06. The summed E-state index contributed by atoms with van der Waals surface area (Å²) in [6.07, 6.45) is 7.14. The second-order valence-electron chi connectivity index (χ2n) is 7.65. The predicted molar refractivity (Wildman–Crippen MR) is 107 cm³/mol. The van der Waals surface area contributed by atoms with Gasteiger partial charge in [-0.3, -0.25) is 0 Å². The van der Waals surface area contributed by atoms with Gasteiger partial charge in [0.1, 0.15) is 0 Å². The number of aromatic amines is 1. The number of rotatable bonds is 3. The van der Waals surface area contributed by atoms with Gasteiger partial charge in [-0.1, -0.05) is 13.5 Å². The molecule has 3 aromatic rings. The van der Waals surface area contributed by atoms with Crippen molar-refractivity contribution in [2.45, 2.75) is 33.1 Å². The van der Waals surface area contributed by atoms with Crippen LogP contribution in [-0.2, 0) is 6.42 Å². The Morgan fingerprint density at radius 1 is 1.04 bits per heavy atom. The minimum Gasteiger partial charge on any atom is -0.361 e. The average molecular weight is 348 g/mol. The number of aromatic nitrogens is 3. The van der Waals surface area contributed by atoms with Gasteiger partial charge in [0, 0.05) is 29.2 Å². The molecule has 26 heavy (non-hydrogen) atoms. The molecule has 4 nitrogen and oxygen atoms in total. The van der Waals surface area contributed by atoms with E-state index >= 15 is 0 Å². The summed E-state index contributed by atoms with van der Waals surface area (Å²) in [6, 6.07) is 12.8. The maximum Gasteiger partial charge on any atom is 0.0930 e. The van der Waals surface area contributed by atoms with E-state index in [1.165, 1.54) is 44.3 Å². The van der Waals surface area contributed by atoms with Gasteiger partial charge in [-0.15, -0.1) is 0 Å². The summed E-state index contributed by atoms with van der Waals surface area (Å²) < 4.78 is 0. The number of H-pyrrole nitrogens is 1. The summed E-state index contributed by atoms with van der Waals surface area (Å²) in [7, 11) is 0. The Balaban J connectivity index is 0.00000168. The highest BCUT2D eigenvalue weighted by molar-refractivity contribution is 5.84. The second kappa shape index (κ2) is 7.20. The number of benzene rings is 1. The van der Waals surface area contributed by atoms with Crippen LogP contribution in [0.25, 0.3) is 22.2 Å². The Morgan fingerprint density at radius 3 is 2.88 bits per heavy atom. The van der Waals surface area contributed by atoms with Crippen molar-refractivity contribution in [3.63, 3.8) is 0 Å². The summed E-state index contributed by atoms with van der Waals surface area (Å²) in [5.74, 6) is 1.65. The first-order chi connectivity index (χ1) is 12.3. The molecule has 4 heterocycles. The first kappa shape index (κ1) is 17.2. The Kier molecular flexibility index (Phi) is 4.77. The maximum absolute atomic E-state index is 4.55. The monoisotopic (exact) mass is 348 g/mol. The van der Waals surface area contributed by atoms with Crippen LogP contribution in [0, 0.1) is 11.8 Å². The molecule has 2 aliphatic heterocycles. The fourth-order valence-electron chi connectivity index (χ4n) is 4.64. The van der Waals surface area contributed by atoms with Gasteiger partial charge >= 0.3 is 0 Å². The van der Waals surface area contributed by atoms with Gasteiger partial charge in [0.25, 0.3) is 0 Å². The van der Waals surface area contributed by atoms with E-state index in [0.717, 1.165) is 40.7 Å². The van der Waals surface area contributed by atoms with Gasteiger partial charge in [-0.05, 0) is 80.9 Å². The second-order valence-corrected chi connectivity index (χ2v) is 7.65. The number of nitrogens with one attached hydrogen (secondary N) is 1. The number of piperidine rings is 2. The highest BCUT2D eigenvalue weighted by atomic mass is 15.1. The van der Waals surface area contributed by atoms with E-state index in [2.05, 4.69) is 56.5 Å². The maximum atomic E-state index is 4.55. The van der Waals surface area contributed by atoms with Crippen molar-refractivity contribution >= 4 is 10.9 Å². The van der Waals surface area contributed by atoms with Crippen LogP contribution in [0.4, 0.5) is 0 Å². The van der Waals surface area contributed by atoms with E-state index in [4.69, 9.17) is 0 Å². The average Bonchev–Trinajstić information content (AvgIpc) is 3.13.